The molecule has 0 N–H and O–H groups in total. The SMILES string of the molecule is CC1Cc2ccccc2N1C(=O)COC(=O)COc1ccc(Br)cc1. The standard InChI is InChI=1S/C19H18BrNO4/c1-13-10-14-4-2-3-5-17(14)21(13)18(22)11-25-19(23)12-24-16-8-6-15(20)7-9-16/h2-9,13H,10-12H2,1H3. The molecular formula is C19H18BrNO4. The van der Waals surface area contributed by atoms with Crippen LogP contribution < -0.4 is 9.64 Å². The Bertz CT molecular complexity index is 775. The molecule has 0 aromatic heterocycles. The molecule has 0 saturated carbocycles. The number of carbonyl (C=O) groups excluding carboxylic acids is 2. The first kappa shape index (κ1) is 17.5. The number of fused-ring (bicyclic) bond motifs is 1. The first-order valence-corrected chi connectivity index (χ1v) is 8.78. The van der Waals surface area contributed by atoms with Crippen molar-refractivity contribution in [1.82, 2.24) is 0 Å². The fraction of sp³-hybridized carbons (Fsp3) is 0.263. The van der Waals surface area contributed by atoms with Crippen LogP contribution in [0, 0.1) is 0 Å². The molecule has 1 amide bonds. The quantitative estimate of drug-likeness (QED) is 0.718. The third kappa shape index (κ3) is 4.20. The molecule has 0 fully saturated rings. The highest BCUT2D eigenvalue weighted by molar-refractivity contribution is 9.10. The van der Waals surface area contributed by atoms with Crippen LogP contribution in [-0.4, -0.2) is 31.1 Å². The van der Waals surface area contributed by atoms with Crippen LogP contribution in [0.5, 0.6) is 5.75 Å². The van der Waals surface area contributed by atoms with E-state index in [0.29, 0.717) is 5.75 Å². The molecule has 1 atom stereocenters. The molecule has 6 heteroatoms. The minimum atomic E-state index is -0.573. The summed E-state index contributed by atoms with van der Waals surface area (Å²) in [6.45, 7) is 1.46. The summed E-state index contributed by atoms with van der Waals surface area (Å²) >= 11 is 3.33. The van der Waals surface area contributed by atoms with Crippen molar-refractivity contribution in [3.8, 4) is 5.75 Å². The van der Waals surface area contributed by atoms with Gasteiger partial charge < -0.3 is 14.4 Å². The average Bonchev–Trinajstić information content (AvgIpc) is 2.95. The number of amides is 1. The van der Waals surface area contributed by atoms with Gasteiger partial charge in [-0.3, -0.25) is 4.79 Å². The van der Waals surface area contributed by atoms with E-state index in [4.69, 9.17) is 9.47 Å². The summed E-state index contributed by atoms with van der Waals surface area (Å²) in [4.78, 5) is 25.9. The van der Waals surface area contributed by atoms with Gasteiger partial charge in [-0.1, -0.05) is 34.1 Å². The molecule has 2 aromatic rings. The fourth-order valence-corrected chi connectivity index (χ4v) is 3.14. The van der Waals surface area contributed by atoms with E-state index in [1.807, 2.05) is 43.3 Å². The molecule has 0 radical (unpaired) electrons. The molecule has 2 aromatic carbocycles. The zero-order chi connectivity index (χ0) is 17.8. The van der Waals surface area contributed by atoms with Crippen molar-refractivity contribution < 1.29 is 19.1 Å². The molecule has 25 heavy (non-hydrogen) atoms. The molecular weight excluding hydrogens is 386 g/mol. The molecule has 0 spiro atoms. The van der Waals surface area contributed by atoms with Gasteiger partial charge in [0.25, 0.3) is 5.91 Å². The van der Waals surface area contributed by atoms with Crippen LogP contribution in [-0.2, 0) is 20.7 Å². The number of para-hydroxylation sites is 1. The number of halogens is 1. The van der Waals surface area contributed by atoms with Crippen LogP contribution in [0.25, 0.3) is 0 Å². The van der Waals surface area contributed by atoms with Crippen LogP contribution in [0.3, 0.4) is 0 Å². The fourth-order valence-electron chi connectivity index (χ4n) is 2.87. The highest BCUT2D eigenvalue weighted by Gasteiger charge is 2.30. The van der Waals surface area contributed by atoms with E-state index < -0.39 is 5.97 Å². The van der Waals surface area contributed by atoms with E-state index in [0.717, 1.165) is 22.1 Å². The minimum absolute atomic E-state index is 0.0580. The highest BCUT2D eigenvalue weighted by atomic mass is 79.9. The number of anilines is 1. The van der Waals surface area contributed by atoms with Crippen molar-refractivity contribution in [2.75, 3.05) is 18.1 Å². The topological polar surface area (TPSA) is 55.8 Å². The van der Waals surface area contributed by atoms with Gasteiger partial charge in [-0.2, -0.15) is 0 Å². The second-order valence-electron chi connectivity index (χ2n) is 5.85. The lowest BCUT2D eigenvalue weighted by atomic mass is 10.1. The predicted molar refractivity (Wildman–Crippen MR) is 97.7 cm³/mol. The number of carbonyl (C=O) groups is 2. The first-order chi connectivity index (χ1) is 12.0. The maximum absolute atomic E-state index is 12.4. The summed E-state index contributed by atoms with van der Waals surface area (Å²) in [6, 6.07) is 15.0. The van der Waals surface area contributed by atoms with Gasteiger partial charge >= 0.3 is 5.97 Å². The first-order valence-electron chi connectivity index (χ1n) is 7.98. The summed E-state index contributed by atoms with van der Waals surface area (Å²) in [6.07, 6.45) is 0.808. The maximum atomic E-state index is 12.4. The normalized spacial score (nSPS) is 15.6. The molecule has 130 valence electrons. The van der Waals surface area contributed by atoms with E-state index in [1.54, 1.807) is 17.0 Å². The van der Waals surface area contributed by atoms with Gasteiger partial charge in [0.1, 0.15) is 5.75 Å². The largest absolute Gasteiger partial charge is 0.482 e. The summed E-state index contributed by atoms with van der Waals surface area (Å²) in [5.74, 6) is -0.237. The molecule has 5 nitrogen and oxygen atoms in total. The van der Waals surface area contributed by atoms with Crippen LogP contribution in [0.4, 0.5) is 5.69 Å². The minimum Gasteiger partial charge on any atom is -0.482 e. The molecule has 1 aliphatic heterocycles. The zero-order valence-corrected chi connectivity index (χ0v) is 15.4. The van der Waals surface area contributed by atoms with Gasteiger partial charge in [-0.05, 0) is 49.2 Å². The second kappa shape index (κ2) is 7.70. The maximum Gasteiger partial charge on any atom is 0.344 e. The Kier molecular flexibility index (Phi) is 5.38. The second-order valence-corrected chi connectivity index (χ2v) is 6.76. The number of esters is 1. The number of ether oxygens (including phenoxy) is 2. The van der Waals surface area contributed by atoms with Gasteiger partial charge in [0, 0.05) is 16.2 Å². The van der Waals surface area contributed by atoms with Crippen molar-refractivity contribution in [1.29, 1.82) is 0 Å². The van der Waals surface area contributed by atoms with E-state index in [2.05, 4.69) is 15.9 Å². The van der Waals surface area contributed by atoms with Gasteiger partial charge in [0.05, 0.1) is 0 Å². The Balaban J connectivity index is 1.50. The van der Waals surface area contributed by atoms with Crippen LogP contribution >= 0.6 is 15.9 Å². The van der Waals surface area contributed by atoms with Crippen molar-refractivity contribution in [3.63, 3.8) is 0 Å². The Labute approximate surface area is 154 Å². The van der Waals surface area contributed by atoms with Crippen LogP contribution in [0.1, 0.15) is 12.5 Å². The van der Waals surface area contributed by atoms with Crippen molar-refractivity contribution in [2.24, 2.45) is 0 Å². The van der Waals surface area contributed by atoms with Gasteiger partial charge in [-0.15, -0.1) is 0 Å². The lowest BCUT2D eigenvalue weighted by Crippen LogP contribution is -2.39. The van der Waals surface area contributed by atoms with Gasteiger partial charge in [0.15, 0.2) is 13.2 Å². The lowest BCUT2D eigenvalue weighted by Gasteiger charge is -2.22. The third-order valence-corrected chi connectivity index (χ3v) is 4.53. The highest BCUT2D eigenvalue weighted by Crippen LogP contribution is 2.31. The van der Waals surface area contributed by atoms with E-state index in [1.165, 1.54) is 0 Å². The molecule has 1 heterocycles. The Hall–Kier alpha value is -2.34. The van der Waals surface area contributed by atoms with Crippen LogP contribution in [0.2, 0.25) is 0 Å². The molecule has 1 aliphatic rings. The molecule has 0 saturated heterocycles. The number of hydrogen-bond acceptors (Lipinski definition) is 4. The van der Waals surface area contributed by atoms with E-state index in [9.17, 15) is 9.59 Å². The number of hydrogen-bond donors (Lipinski definition) is 0. The Morgan fingerprint density at radius 3 is 2.60 bits per heavy atom. The van der Waals surface area contributed by atoms with E-state index >= 15 is 0 Å². The molecule has 3 rings (SSSR count). The summed E-state index contributed by atoms with van der Waals surface area (Å²) in [5, 5.41) is 0. The number of rotatable bonds is 5. The molecule has 0 aliphatic carbocycles. The third-order valence-electron chi connectivity index (χ3n) is 4.00. The summed E-state index contributed by atoms with van der Waals surface area (Å²) in [5.41, 5.74) is 2.02. The molecule has 0 bridgehead atoms. The van der Waals surface area contributed by atoms with E-state index in [-0.39, 0.29) is 25.2 Å². The van der Waals surface area contributed by atoms with Crippen molar-refractivity contribution >= 4 is 33.5 Å². The monoisotopic (exact) mass is 403 g/mol. The number of benzene rings is 2. The summed E-state index contributed by atoms with van der Waals surface area (Å²) < 4.78 is 11.3. The van der Waals surface area contributed by atoms with Gasteiger partial charge in [0.2, 0.25) is 0 Å². The van der Waals surface area contributed by atoms with Crippen LogP contribution in [0.15, 0.2) is 53.0 Å². The Morgan fingerprint density at radius 2 is 1.84 bits per heavy atom. The predicted octanol–water partition coefficient (Wildman–Crippen LogP) is 3.35. The Morgan fingerprint density at radius 1 is 1.12 bits per heavy atom. The number of nitrogens with zero attached hydrogens (tertiary/aromatic N) is 1. The van der Waals surface area contributed by atoms with Gasteiger partial charge in [-0.25, -0.2) is 4.79 Å². The molecule has 1 unspecified atom stereocenters. The van der Waals surface area contributed by atoms with Crippen molar-refractivity contribution in [3.05, 3.63) is 58.6 Å². The smallest absolute Gasteiger partial charge is 0.344 e. The summed E-state index contributed by atoms with van der Waals surface area (Å²) in [7, 11) is 0. The van der Waals surface area contributed by atoms with Crippen molar-refractivity contribution in [2.45, 2.75) is 19.4 Å². The lowest BCUT2D eigenvalue weighted by molar-refractivity contribution is -0.149. The average molecular weight is 404 g/mol. The zero-order valence-electron chi connectivity index (χ0n) is 13.8.